The first-order valence-electron chi connectivity index (χ1n) is 5.17. The van der Waals surface area contributed by atoms with Crippen LogP contribution in [0.25, 0.3) is 0 Å². The number of amides is 1. The van der Waals surface area contributed by atoms with Crippen LogP contribution in [0.4, 0.5) is 0 Å². The highest BCUT2D eigenvalue weighted by Gasteiger charge is 2.04. The van der Waals surface area contributed by atoms with Crippen molar-refractivity contribution in [3.63, 3.8) is 0 Å². The third kappa shape index (κ3) is 4.58. The maximum atomic E-state index is 11.0. The van der Waals surface area contributed by atoms with Crippen molar-refractivity contribution < 1.29 is 4.79 Å². The molecule has 1 aromatic rings. The molecule has 0 spiro atoms. The van der Waals surface area contributed by atoms with Gasteiger partial charge in [0.05, 0.1) is 6.07 Å². The molecule has 4 nitrogen and oxygen atoms in total. The number of benzene rings is 1. The molecule has 0 radical (unpaired) electrons. The van der Waals surface area contributed by atoms with E-state index in [2.05, 4.69) is 10.9 Å². The third-order valence-corrected chi connectivity index (χ3v) is 2.08. The van der Waals surface area contributed by atoms with Crippen LogP contribution < -0.4 is 10.9 Å². The van der Waals surface area contributed by atoms with Crippen LogP contribution in [0.3, 0.4) is 0 Å². The fourth-order valence-electron chi connectivity index (χ4n) is 1.34. The minimum atomic E-state index is -0.303. The summed E-state index contributed by atoms with van der Waals surface area (Å²) in [5.74, 6) is -0.303. The Balaban J connectivity index is 2.29. The first-order chi connectivity index (χ1) is 7.72. The van der Waals surface area contributed by atoms with Gasteiger partial charge >= 0.3 is 0 Å². The summed E-state index contributed by atoms with van der Waals surface area (Å²) >= 11 is 0. The van der Waals surface area contributed by atoms with E-state index in [1.165, 1.54) is 5.56 Å². The van der Waals surface area contributed by atoms with Crippen molar-refractivity contribution in [1.29, 1.82) is 5.26 Å². The number of rotatable bonds is 5. The van der Waals surface area contributed by atoms with E-state index in [1.807, 2.05) is 37.3 Å². The van der Waals surface area contributed by atoms with Gasteiger partial charge in [0.15, 0.2) is 0 Å². The molecule has 1 amide bonds. The molecular formula is C12H15N3O. The molecule has 84 valence electrons. The second kappa shape index (κ2) is 6.59. The molecule has 0 aliphatic carbocycles. The second-order valence-corrected chi connectivity index (χ2v) is 3.62. The highest BCUT2D eigenvalue weighted by molar-refractivity contribution is 5.77. The van der Waals surface area contributed by atoms with E-state index in [0.717, 1.165) is 6.42 Å². The van der Waals surface area contributed by atoms with Crippen molar-refractivity contribution in [1.82, 2.24) is 10.9 Å². The molecule has 0 bridgehead atoms. The molecule has 2 N–H and O–H groups in total. The first-order valence-corrected chi connectivity index (χ1v) is 5.17. The number of hydrogen-bond acceptors (Lipinski definition) is 3. The van der Waals surface area contributed by atoms with Gasteiger partial charge < -0.3 is 0 Å². The number of nitrogens with one attached hydrogen (secondary N) is 2. The van der Waals surface area contributed by atoms with Gasteiger partial charge in [0, 0.05) is 6.04 Å². The summed E-state index contributed by atoms with van der Waals surface area (Å²) < 4.78 is 0. The van der Waals surface area contributed by atoms with E-state index in [1.54, 1.807) is 6.07 Å². The molecular weight excluding hydrogens is 202 g/mol. The molecule has 0 aliphatic rings. The Morgan fingerprint density at radius 3 is 2.75 bits per heavy atom. The number of carbonyl (C=O) groups excluding carboxylic acids is 1. The zero-order valence-corrected chi connectivity index (χ0v) is 9.23. The molecule has 0 aromatic heterocycles. The van der Waals surface area contributed by atoms with Crippen molar-refractivity contribution in [2.45, 2.75) is 25.8 Å². The lowest BCUT2D eigenvalue weighted by molar-refractivity contribution is -0.121. The fraction of sp³-hybridized carbons (Fsp3) is 0.333. The number of nitriles is 1. The SMILES string of the molecule is CC(Cc1ccccc1)NNC(=O)CC#N. The molecule has 1 rings (SSSR count). The van der Waals surface area contributed by atoms with Gasteiger partial charge in [0.25, 0.3) is 0 Å². The predicted octanol–water partition coefficient (Wildman–Crippen LogP) is 1.15. The molecule has 1 aromatic carbocycles. The van der Waals surface area contributed by atoms with E-state index < -0.39 is 0 Å². The van der Waals surface area contributed by atoms with Gasteiger partial charge in [-0.05, 0) is 18.9 Å². The van der Waals surface area contributed by atoms with Crippen LogP contribution in [-0.4, -0.2) is 11.9 Å². The van der Waals surface area contributed by atoms with Crippen LogP contribution in [-0.2, 0) is 11.2 Å². The van der Waals surface area contributed by atoms with Crippen LogP contribution in [0, 0.1) is 11.3 Å². The van der Waals surface area contributed by atoms with Crippen molar-refractivity contribution >= 4 is 5.91 Å². The average molecular weight is 217 g/mol. The van der Waals surface area contributed by atoms with Crippen molar-refractivity contribution in [2.24, 2.45) is 0 Å². The maximum Gasteiger partial charge on any atom is 0.248 e. The zero-order chi connectivity index (χ0) is 11.8. The lowest BCUT2D eigenvalue weighted by Crippen LogP contribution is -2.43. The Bertz CT molecular complexity index is 370. The van der Waals surface area contributed by atoms with E-state index in [-0.39, 0.29) is 18.4 Å². The summed E-state index contributed by atoms with van der Waals surface area (Å²) in [4.78, 5) is 11.0. The quantitative estimate of drug-likeness (QED) is 0.727. The molecule has 0 saturated carbocycles. The molecule has 16 heavy (non-hydrogen) atoms. The summed E-state index contributed by atoms with van der Waals surface area (Å²) in [5, 5.41) is 8.30. The summed E-state index contributed by atoms with van der Waals surface area (Å²) in [6, 6.07) is 11.9. The Morgan fingerprint density at radius 2 is 2.12 bits per heavy atom. The smallest absolute Gasteiger partial charge is 0.248 e. The zero-order valence-electron chi connectivity index (χ0n) is 9.23. The van der Waals surface area contributed by atoms with Gasteiger partial charge in [0.2, 0.25) is 5.91 Å². The normalized spacial score (nSPS) is 11.5. The molecule has 1 unspecified atom stereocenters. The number of nitrogens with zero attached hydrogens (tertiary/aromatic N) is 1. The molecule has 1 atom stereocenters. The highest BCUT2D eigenvalue weighted by Crippen LogP contribution is 2.01. The minimum absolute atomic E-state index is 0.120. The summed E-state index contributed by atoms with van der Waals surface area (Å²) in [6.45, 7) is 1.97. The molecule has 0 fully saturated rings. The van der Waals surface area contributed by atoms with Gasteiger partial charge in [-0.1, -0.05) is 30.3 Å². The van der Waals surface area contributed by atoms with Gasteiger partial charge in [-0.25, -0.2) is 5.43 Å². The summed E-state index contributed by atoms with van der Waals surface area (Å²) in [7, 11) is 0. The van der Waals surface area contributed by atoms with Crippen molar-refractivity contribution in [2.75, 3.05) is 0 Å². The predicted molar refractivity (Wildman–Crippen MR) is 61.1 cm³/mol. The fourth-order valence-corrected chi connectivity index (χ4v) is 1.34. The molecule has 4 heteroatoms. The van der Waals surface area contributed by atoms with Crippen molar-refractivity contribution in [3.8, 4) is 6.07 Å². The van der Waals surface area contributed by atoms with Crippen LogP contribution >= 0.6 is 0 Å². The highest BCUT2D eigenvalue weighted by atomic mass is 16.2. The number of carbonyl (C=O) groups is 1. The largest absolute Gasteiger partial charge is 0.290 e. The van der Waals surface area contributed by atoms with Crippen LogP contribution in [0.2, 0.25) is 0 Å². The van der Waals surface area contributed by atoms with E-state index in [4.69, 9.17) is 5.26 Å². The first kappa shape index (κ1) is 12.2. The summed E-state index contributed by atoms with van der Waals surface area (Å²) in [5.41, 5.74) is 6.56. The molecule has 0 aliphatic heterocycles. The minimum Gasteiger partial charge on any atom is -0.290 e. The standard InChI is InChI=1S/C12H15N3O/c1-10(14-15-12(16)7-8-13)9-11-5-3-2-4-6-11/h2-6,10,14H,7,9H2,1H3,(H,15,16). The second-order valence-electron chi connectivity index (χ2n) is 3.62. The van der Waals surface area contributed by atoms with E-state index in [9.17, 15) is 4.79 Å². The number of hydrogen-bond donors (Lipinski definition) is 2. The van der Waals surface area contributed by atoms with E-state index in [0.29, 0.717) is 0 Å². The van der Waals surface area contributed by atoms with Gasteiger partial charge in [-0.15, -0.1) is 0 Å². The van der Waals surface area contributed by atoms with Crippen LogP contribution in [0.15, 0.2) is 30.3 Å². The molecule has 0 heterocycles. The lowest BCUT2D eigenvalue weighted by atomic mass is 10.1. The molecule has 0 saturated heterocycles. The Kier molecular flexibility index (Phi) is 5.03. The topological polar surface area (TPSA) is 64.9 Å². The summed E-state index contributed by atoms with van der Waals surface area (Å²) in [6.07, 6.45) is 0.707. The average Bonchev–Trinajstić information content (AvgIpc) is 2.28. The van der Waals surface area contributed by atoms with E-state index >= 15 is 0 Å². The lowest BCUT2D eigenvalue weighted by Gasteiger charge is -2.13. The monoisotopic (exact) mass is 217 g/mol. The van der Waals surface area contributed by atoms with Gasteiger partial charge in [-0.3, -0.25) is 10.2 Å². The van der Waals surface area contributed by atoms with Crippen LogP contribution in [0.5, 0.6) is 0 Å². The third-order valence-electron chi connectivity index (χ3n) is 2.08. The van der Waals surface area contributed by atoms with Gasteiger partial charge in [-0.2, -0.15) is 5.26 Å². The van der Waals surface area contributed by atoms with Crippen molar-refractivity contribution in [3.05, 3.63) is 35.9 Å². The maximum absolute atomic E-state index is 11.0. The Hall–Kier alpha value is -1.86. The van der Waals surface area contributed by atoms with Gasteiger partial charge in [0.1, 0.15) is 6.42 Å². The number of hydrazine groups is 1. The van der Waals surface area contributed by atoms with Crippen LogP contribution in [0.1, 0.15) is 18.9 Å². The Morgan fingerprint density at radius 1 is 1.44 bits per heavy atom. The Labute approximate surface area is 95.2 Å².